The summed E-state index contributed by atoms with van der Waals surface area (Å²) in [7, 11) is 0. The minimum atomic E-state index is -0.935. The second-order valence-electron chi connectivity index (χ2n) is 4.13. The average Bonchev–Trinajstić information content (AvgIpc) is 2.35. The van der Waals surface area contributed by atoms with Crippen molar-refractivity contribution in [3.63, 3.8) is 0 Å². The summed E-state index contributed by atoms with van der Waals surface area (Å²) in [5.41, 5.74) is 1.24. The van der Waals surface area contributed by atoms with Crippen molar-refractivity contribution in [1.29, 1.82) is 0 Å². The normalized spacial score (nSPS) is 12.2. The highest BCUT2D eigenvalue weighted by Crippen LogP contribution is 2.26. The SMILES string of the molecule is CC(=O)C(c1ccccc1)c1ccc(F)c(F)c1. The molecule has 0 radical (unpaired) electrons. The molecule has 18 heavy (non-hydrogen) atoms. The van der Waals surface area contributed by atoms with Gasteiger partial charge in [-0.25, -0.2) is 8.78 Å². The van der Waals surface area contributed by atoms with Crippen molar-refractivity contribution in [2.75, 3.05) is 0 Å². The van der Waals surface area contributed by atoms with Crippen molar-refractivity contribution >= 4 is 5.78 Å². The summed E-state index contributed by atoms with van der Waals surface area (Å²) >= 11 is 0. The lowest BCUT2D eigenvalue weighted by Gasteiger charge is -2.14. The second kappa shape index (κ2) is 5.08. The molecule has 2 aromatic rings. The highest BCUT2D eigenvalue weighted by molar-refractivity contribution is 5.86. The smallest absolute Gasteiger partial charge is 0.159 e. The summed E-state index contributed by atoms with van der Waals surface area (Å²) in [6.45, 7) is 1.44. The molecule has 92 valence electrons. The van der Waals surface area contributed by atoms with E-state index in [2.05, 4.69) is 0 Å². The highest BCUT2D eigenvalue weighted by atomic mass is 19.2. The Bertz CT molecular complexity index is 564. The van der Waals surface area contributed by atoms with Crippen LogP contribution in [0.15, 0.2) is 48.5 Å². The Morgan fingerprint density at radius 3 is 2.17 bits per heavy atom. The number of carbonyl (C=O) groups excluding carboxylic acids is 1. The van der Waals surface area contributed by atoms with Crippen LogP contribution in [0.3, 0.4) is 0 Å². The molecule has 0 N–H and O–H groups in total. The van der Waals surface area contributed by atoms with Gasteiger partial charge >= 0.3 is 0 Å². The van der Waals surface area contributed by atoms with Crippen LogP contribution in [-0.2, 0) is 4.79 Å². The van der Waals surface area contributed by atoms with Crippen molar-refractivity contribution in [3.05, 3.63) is 71.3 Å². The standard InChI is InChI=1S/C15H12F2O/c1-10(18)15(11-5-3-2-4-6-11)12-7-8-13(16)14(17)9-12/h2-9,15H,1H3. The molecule has 0 aliphatic heterocycles. The van der Waals surface area contributed by atoms with E-state index in [1.54, 1.807) is 12.1 Å². The minimum absolute atomic E-state index is 0.104. The zero-order valence-electron chi connectivity index (χ0n) is 9.86. The zero-order chi connectivity index (χ0) is 13.1. The number of rotatable bonds is 3. The summed E-state index contributed by atoms with van der Waals surface area (Å²) in [6, 6.07) is 12.6. The van der Waals surface area contributed by atoms with Gasteiger partial charge in [-0.15, -0.1) is 0 Å². The van der Waals surface area contributed by atoms with Crippen LogP contribution in [0.2, 0.25) is 0 Å². The van der Waals surface area contributed by atoms with E-state index in [-0.39, 0.29) is 5.78 Å². The van der Waals surface area contributed by atoms with Crippen LogP contribution in [0.5, 0.6) is 0 Å². The van der Waals surface area contributed by atoms with Gasteiger partial charge in [0.25, 0.3) is 0 Å². The van der Waals surface area contributed by atoms with Crippen molar-refractivity contribution in [3.8, 4) is 0 Å². The molecule has 0 aliphatic rings. The zero-order valence-corrected chi connectivity index (χ0v) is 9.86. The van der Waals surface area contributed by atoms with Gasteiger partial charge in [0.2, 0.25) is 0 Å². The number of Topliss-reactive ketones (excluding diaryl/α,β-unsaturated/α-hetero) is 1. The Morgan fingerprint density at radius 2 is 1.61 bits per heavy atom. The summed E-state index contributed by atoms with van der Waals surface area (Å²) in [5, 5.41) is 0. The van der Waals surface area contributed by atoms with Crippen LogP contribution in [-0.4, -0.2) is 5.78 Å². The van der Waals surface area contributed by atoms with Crippen molar-refractivity contribution in [1.82, 2.24) is 0 Å². The maximum Gasteiger partial charge on any atom is 0.159 e. The van der Waals surface area contributed by atoms with E-state index < -0.39 is 17.6 Å². The van der Waals surface area contributed by atoms with Gasteiger partial charge in [-0.3, -0.25) is 4.79 Å². The third kappa shape index (κ3) is 2.45. The van der Waals surface area contributed by atoms with Crippen LogP contribution in [0.1, 0.15) is 24.0 Å². The number of halogens is 2. The van der Waals surface area contributed by atoms with Crippen molar-refractivity contribution in [2.24, 2.45) is 0 Å². The van der Waals surface area contributed by atoms with Gasteiger partial charge in [-0.2, -0.15) is 0 Å². The molecule has 2 aromatic carbocycles. The summed E-state index contributed by atoms with van der Waals surface area (Å²) in [4.78, 5) is 11.7. The lowest BCUT2D eigenvalue weighted by Crippen LogP contribution is -2.11. The molecule has 0 aliphatic carbocycles. The minimum Gasteiger partial charge on any atom is -0.299 e. The van der Waals surface area contributed by atoms with Crippen LogP contribution >= 0.6 is 0 Å². The molecule has 1 unspecified atom stereocenters. The van der Waals surface area contributed by atoms with Crippen LogP contribution < -0.4 is 0 Å². The largest absolute Gasteiger partial charge is 0.299 e. The second-order valence-corrected chi connectivity index (χ2v) is 4.13. The van der Waals surface area contributed by atoms with Gasteiger partial charge < -0.3 is 0 Å². The Morgan fingerprint density at radius 1 is 0.944 bits per heavy atom. The molecular formula is C15H12F2O. The van der Waals surface area contributed by atoms with E-state index in [1.807, 2.05) is 18.2 Å². The first-order chi connectivity index (χ1) is 8.59. The highest BCUT2D eigenvalue weighted by Gasteiger charge is 2.20. The van der Waals surface area contributed by atoms with Crippen LogP contribution in [0, 0.1) is 11.6 Å². The van der Waals surface area contributed by atoms with Gasteiger partial charge in [0.1, 0.15) is 5.78 Å². The maximum absolute atomic E-state index is 13.2. The fourth-order valence-electron chi connectivity index (χ4n) is 2.00. The van der Waals surface area contributed by atoms with Gasteiger partial charge in [0.05, 0.1) is 5.92 Å². The molecule has 0 fully saturated rings. The van der Waals surface area contributed by atoms with E-state index in [9.17, 15) is 13.6 Å². The predicted molar refractivity (Wildman–Crippen MR) is 65.3 cm³/mol. The third-order valence-corrected chi connectivity index (χ3v) is 2.82. The first-order valence-electron chi connectivity index (χ1n) is 5.60. The Kier molecular flexibility index (Phi) is 3.51. The first kappa shape index (κ1) is 12.4. The van der Waals surface area contributed by atoms with Gasteiger partial charge in [-0.05, 0) is 30.2 Å². The lowest BCUT2D eigenvalue weighted by atomic mass is 9.88. The third-order valence-electron chi connectivity index (χ3n) is 2.82. The topological polar surface area (TPSA) is 17.1 Å². The van der Waals surface area contributed by atoms with Crippen molar-refractivity contribution < 1.29 is 13.6 Å². The molecule has 0 spiro atoms. The molecule has 1 nitrogen and oxygen atoms in total. The fraction of sp³-hybridized carbons (Fsp3) is 0.133. The van der Waals surface area contributed by atoms with E-state index in [4.69, 9.17) is 0 Å². The van der Waals surface area contributed by atoms with Gasteiger partial charge in [0.15, 0.2) is 11.6 Å². The number of benzene rings is 2. The summed E-state index contributed by atoms with van der Waals surface area (Å²) < 4.78 is 26.1. The van der Waals surface area contributed by atoms with E-state index in [1.165, 1.54) is 13.0 Å². The average molecular weight is 246 g/mol. The predicted octanol–water partition coefficient (Wildman–Crippen LogP) is 3.69. The quantitative estimate of drug-likeness (QED) is 0.807. The number of hydrogen-bond donors (Lipinski definition) is 0. The number of hydrogen-bond acceptors (Lipinski definition) is 1. The molecule has 0 saturated carbocycles. The Labute approximate surface area is 104 Å². The number of carbonyl (C=O) groups is 1. The molecule has 0 amide bonds. The summed E-state index contributed by atoms with van der Waals surface area (Å²) in [6.07, 6.45) is 0. The molecule has 0 bridgehead atoms. The maximum atomic E-state index is 13.2. The molecule has 0 saturated heterocycles. The monoisotopic (exact) mass is 246 g/mol. The van der Waals surface area contributed by atoms with Crippen LogP contribution in [0.25, 0.3) is 0 Å². The molecular weight excluding hydrogens is 234 g/mol. The van der Waals surface area contributed by atoms with Gasteiger partial charge in [-0.1, -0.05) is 36.4 Å². The number of ketones is 1. The van der Waals surface area contributed by atoms with Gasteiger partial charge in [0, 0.05) is 0 Å². The van der Waals surface area contributed by atoms with E-state index in [0.717, 1.165) is 17.7 Å². The molecule has 3 heteroatoms. The lowest BCUT2D eigenvalue weighted by molar-refractivity contribution is -0.117. The summed E-state index contributed by atoms with van der Waals surface area (Å²) in [5.74, 6) is -2.50. The molecule has 0 aromatic heterocycles. The fourth-order valence-corrected chi connectivity index (χ4v) is 2.00. The molecule has 0 heterocycles. The first-order valence-corrected chi connectivity index (χ1v) is 5.60. The van der Waals surface area contributed by atoms with Crippen molar-refractivity contribution in [2.45, 2.75) is 12.8 Å². The van der Waals surface area contributed by atoms with E-state index >= 15 is 0 Å². The van der Waals surface area contributed by atoms with Crippen LogP contribution in [0.4, 0.5) is 8.78 Å². The molecule has 1 atom stereocenters. The Balaban J connectivity index is 2.49. The Hall–Kier alpha value is -2.03. The molecule has 2 rings (SSSR count). The van der Waals surface area contributed by atoms with E-state index in [0.29, 0.717) is 5.56 Å².